The van der Waals surface area contributed by atoms with Gasteiger partial charge in [-0.15, -0.1) is 49.4 Å². The number of carbonyl (C=O) groups excluding carboxylic acids is 10. The highest BCUT2D eigenvalue weighted by Gasteiger charge is 2.29. The molecular formula is C56H94N14O10. The lowest BCUT2D eigenvalue weighted by molar-refractivity contribution is -0.132. The van der Waals surface area contributed by atoms with E-state index >= 15 is 0 Å². The smallest absolute Gasteiger partial charge is 0.243 e. The van der Waals surface area contributed by atoms with Gasteiger partial charge in [-0.25, -0.2) is 0 Å². The van der Waals surface area contributed by atoms with Crippen molar-refractivity contribution in [1.82, 2.24) is 47.9 Å². The van der Waals surface area contributed by atoms with Crippen molar-refractivity contribution in [2.24, 2.45) is 28.7 Å². The summed E-state index contributed by atoms with van der Waals surface area (Å²) in [7, 11) is 0. The predicted octanol–water partition coefficient (Wildman–Crippen LogP) is -1.54. The van der Waals surface area contributed by atoms with Crippen LogP contribution in [0.25, 0.3) is 0 Å². The Morgan fingerprint density at radius 1 is 0.375 bits per heavy atom. The summed E-state index contributed by atoms with van der Waals surface area (Å²) in [5, 5.41) is 24.3. The molecular weight excluding hydrogens is 1030 g/mol. The summed E-state index contributed by atoms with van der Waals surface area (Å²) >= 11 is 0. The van der Waals surface area contributed by atoms with Crippen molar-refractivity contribution < 1.29 is 47.9 Å². The lowest BCUT2D eigenvalue weighted by Gasteiger charge is -2.24. The Morgan fingerprint density at radius 3 is 1.09 bits per heavy atom. The standard InChI is InChI=1S/C47H75N13O9.C9H19NO/c1-6-19-32(48)41(63)53-28-16-12-23-36(58-43(65)34(50)21-8-3)45(67)56-30-18-13-24-37(46(68)55-27-15-10-11-26-39(61)57-31(5)40(52)62)60-47(69)38(59-44(66)35(51)22-9-4)25-14-17-29-54-42(64)33(49)20-7-2;1-3-5-6-8-10-9(11)7-4-2/h1-4,31-38H,10-30,48-51H2,5H3,(H2,52,62)(H,53,63)(H,54,64)(H,55,68)(H,56,67)(H,57,61)(H,58,65)(H,59,66)(H,60,69);3-8H2,1-2H3,(H,10,11). The van der Waals surface area contributed by atoms with Crippen LogP contribution in [0.15, 0.2) is 0 Å². The van der Waals surface area contributed by atoms with Crippen molar-refractivity contribution in [2.45, 2.75) is 210 Å². The second kappa shape index (κ2) is 47.8. The van der Waals surface area contributed by atoms with Crippen LogP contribution in [-0.2, 0) is 47.9 Å². The molecule has 0 aliphatic rings. The van der Waals surface area contributed by atoms with Crippen LogP contribution in [0.2, 0.25) is 0 Å². The Bertz CT molecular complexity index is 2080. The second-order valence-electron chi connectivity index (χ2n) is 19.2. The summed E-state index contributed by atoms with van der Waals surface area (Å²) in [6.07, 6.45) is 30.6. The van der Waals surface area contributed by atoms with Crippen LogP contribution >= 0.6 is 0 Å². The highest BCUT2D eigenvalue weighted by molar-refractivity contribution is 5.93. The molecule has 80 heavy (non-hydrogen) atoms. The van der Waals surface area contributed by atoms with Gasteiger partial charge in [0.15, 0.2) is 0 Å². The van der Waals surface area contributed by atoms with Crippen molar-refractivity contribution in [3.63, 3.8) is 0 Å². The number of rotatable bonds is 43. The van der Waals surface area contributed by atoms with E-state index in [4.69, 9.17) is 54.4 Å². The summed E-state index contributed by atoms with van der Waals surface area (Å²) in [4.78, 5) is 125. The number of carbonyl (C=O) groups is 10. The monoisotopic (exact) mass is 1120 g/mol. The van der Waals surface area contributed by atoms with Crippen LogP contribution in [0.3, 0.4) is 0 Å². The fourth-order valence-electron chi connectivity index (χ4n) is 7.18. The van der Waals surface area contributed by atoms with E-state index in [0.29, 0.717) is 64.2 Å². The minimum Gasteiger partial charge on any atom is -0.368 e. The zero-order valence-electron chi connectivity index (χ0n) is 47.5. The third-order valence-electron chi connectivity index (χ3n) is 12.0. The normalized spacial score (nSPS) is 13.4. The van der Waals surface area contributed by atoms with Crippen LogP contribution in [0, 0.1) is 49.4 Å². The molecule has 24 nitrogen and oxygen atoms in total. The third kappa shape index (κ3) is 38.4. The molecule has 8 atom stereocenters. The highest BCUT2D eigenvalue weighted by Crippen LogP contribution is 2.09. The summed E-state index contributed by atoms with van der Waals surface area (Å²) in [5.41, 5.74) is 28.5. The predicted molar refractivity (Wildman–Crippen MR) is 308 cm³/mol. The molecule has 0 bridgehead atoms. The summed E-state index contributed by atoms with van der Waals surface area (Å²) in [6.45, 7) is 7.30. The molecule has 0 aromatic heterocycles. The van der Waals surface area contributed by atoms with Crippen molar-refractivity contribution in [1.29, 1.82) is 0 Å². The van der Waals surface area contributed by atoms with Crippen molar-refractivity contribution >= 4 is 59.1 Å². The van der Waals surface area contributed by atoms with Gasteiger partial charge in [-0.2, -0.15) is 0 Å². The van der Waals surface area contributed by atoms with E-state index in [-0.39, 0.29) is 89.4 Å². The summed E-state index contributed by atoms with van der Waals surface area (Å²) < 4.78 is 0. The number of terminal acetylenes is 4. The third-order valence-corrected chi connectivity index (χ3v) is 12.0. The van der Waals surface area contributed by atoms with Gasteiger partial charge in [0, 0.05) is 71.2 Å². The average molecular weight is 1120 g/mol. The Kier molecular flexibility index (Phi) is 44.7. The maximum atomic E-state index is 13.8. The minimum absolute atomic E-state index is 0.0525. The number of nitrogens with one attached hydrogen (secondary N) is 9. The molecule has 448 valence electrons. The van der Waals surface area contributed by atoms with E-state index in [1.807, 2.05) is 6.92 Å². The number of unbranched alkanes of at least 4 members (excludes halogenated alkanes) is 7. The van der Waals surface area contributed by atoms with Crippen molar-refractivity contribution in [3.8, 4) is 49.4 Å². The molecule has 10 amide bonds. The first-order valence-corrected chi connectivity index (χ1v) is 27.8. The van der Waals surface area contributed by atoms with Crippen LogP contribution in [0.5, 0.6) is 0 Å². The van der Waals surface area contributed by atoms with Crippen molar-refractivity contribution in [3.05, 3.63) is 0 Å². The molecule has 0 radical (unpaired) electrons. The number of hydrogen-bond acceptors (Lipinski definition) is 14. The van der Waals surface area contributed by atoms with Gasteiger partial charge in [-0.3, -0.25) is 47.9 Å². The molecule has 0 aromatic rings. The van der Waals surface area contributed by atoms with E-state index in [1.54, 1.807) is 0 Å². The topological polar surface area (TPSA) is 409 Å². The van der Waals surface area contributed by atoms with Crippen molar-refractivity contribution in [2.75, 3.05) is 32.7 Å². The van der Waals surface area contributed by atoms with E-state index in [1.165, 1.54) is 19.8 Å². The van der Waals surface area contributed by atoms with E-state index in [2.05, 4.69) is 78.5 Å². The zero-order valence-corrected chi connectivity index (χ0v) is 47.5. The number of nitrogens with two attached hydrogens (primary N) is 5. The Balaban J connectivity index is 0. The molecule has 0 spiro atoms. The molecule has 19 N–H and O–H groups in total. The first-order chi connectivity index (χ1) is 38.1. The molecule has 0 saturated heterocycles. The first-order valence-electron chi connectivity index (χ1n) is 27.8. The molecule has 0 aliphatic carbocycles. The second-order valence-corrected chi connectivity index (χ2v) is 19.2. The van der Waals surface area contributed by atoms with Crippen LogP contribution in [-0.4, -0.2) is 140 Å². The van der Waals surface area contributed by atoms with Gasteiger partial charge in [0.05, 0.1) is 24.2 Å². The fourth-order valence-corrected chi connectivity index (χ4v) is 7.18. The molecule has 8 unspecified atom stereocenters. The molecule has 0 saturated carbocycles. The van der Waals surface area contributed by atoms with Gasteiger partial charge in [-0.1, -0.05) is 33.1 Å². The largest absolute Gasteiger partial charge is 0.368 e. The minimum atomic E-state index is -1.15. The number of amides is 10. The molecule has 0 aliphatic heterocycles. The quantitative estimate of drug-likeness (QED) is 0.0243. The average Bonchev–Trinajstić information content (AvgIpc) is 3.41. The summed E-state index contributed by atoms with van der Waals surface area (Å²) in [5.74, 6) is 4.61. The molecule has 24 heteroatoms. The van der Waals surface area contributed by atoms with Crippen LogP contribution in [0.4, 0.5) is 0 Å². The fraction of sp³-hybridized carbons (Fsp3) is 0.679. The Hall–Kier alpha value is -7.22. The van der Waals surface area contributed by atoms with Gasteiger partial charge < -0.3 is 76.5 Å². The number of hydrogen-bond donors (Lipinski definition) is 14. The van der Waals surface area contributed by atoms with E-state index in [0.717, 1.165) is 19.4 Å². The van der Waals surface area contributed by atoms with Crippen LogP contribution < -0.4 is 76.5 Å². The lowest BCUT2D eigenvalue weighted by Crippen LogP contribution is -2.55. The van der Waals surface area contributed by atoms with Gasteiger partial charge in [0.25, 0.3) is 0 Å². The molecule has 0 rings (SSSR count). The first kappa shape index (κ1) is 74.9. The van der Waals surface area contributed by atoms with E-state index < -0.39 is 95.6 Å². The van der Waals surface area contributed by atoms with Gasteiger partial charge in [0.1, 0.15) is 24.2 Å². The van der Waals surface area contributed by atoms with Gasteiger partial charge in [-0.05, 0) is 90.4 Å². The highest BCUT2D eigenvalue weighted by atomic mass is 16.2. The lowest BCUT2D eigenvalue weighted by atomic mass is 10.0. The molecule has 0 fully saturated rings. The maximum absolute atomic E-state index is 13.8. The Morgan fingerprint density at radius 2 is 0.713 bits per heavy atom. The SMILES string of the molecule is C#CCC(N)C(=O)NCCCCC(NC(=O)C(N)CC#C)C(=O)NCCCCC(NC(=O)C(CCCCNC(=O)C(N)CC#C)NC(=O)C(N)CC#C)C(=O)NCCCCCC(=O)NC(C)C(N)=O.CCCCCNC(=O)CCC. The number of primary amides is 1. The van der Waals surface area contributed by atoms with Crippen LogP contribution in [0.1, 0.15) is 162 Å². The zero-order chi connectivity index (χ0) is 60.7. The van der Waals surface area contributed by atoms with Gasteiger partial charge in [0.2, 0.25) is 59.1 Å². The van der Waals surface area contributed by atoms with E-state index in [9.17, 15) is 47.9 Å². The molecule has 0 aromatic carbocycles. The summed E-state index contributed by atoms with van der Waals surface area (Å²) in [6, 6.07) is -7.94. The Labute approximate surface area is 474 Å². The maximum Gasteiger partial charge on any atom is 0.243 e. The van der Waals surface area contributed by atoms with Gasteiger partial charge >= 0.3 is 0 Å². The molecule has 0 heterocycles.